The first-order valence-corrected chi connectivity index (χ1v) is 8.33. The van der Waals surface area contributed by atoms with Gasteiger partial charge in [-0.05, 0) is 39.4 Å². The fraction of sp³-hybridized carbons (Fsp3) is 1.00. The van der Waals surface area contributed by atoms with Gasteiger partial charge in [0.15, 0.2) is 0 Å². The van der Waals surface area contributed by atoms with Gasteiger partial charge in [-0.25, -0.2) is 0 Å². The van der Waals surface area contributed by atoms with E-state index >= 15 is 0 Å². The van der Waals surface area contributed by atoms with Crippen molar-refractivity contribution in [1.82, 2.24) is 15.1 Å². The van der Waals surface area contributed by atoms with Crippen LogP contribution in [0.15, 0.2) is 0 Å². The summed E-state index contributed by atoms with van der Waals surface area (Å²) >= 11 is 0. The number of rotatable bonds is 6. The van der Waals surface area contributed by atoms with E-state index in [1.807, 2.05) is 0 Å². The van der Waals surface area contributed by atoms with Crippen molar-refractivity contribution in [3.8, 4) is 0 Å². The second kappa shape index (κ2) is 7.61. The molecular weight excluding hydrogens is 234 g/mol. The highest BCUT2D eigenvalue weighted by atomic mass is 15.3. The number of hydrogen-bond donors (Lipinski definition) is 1. The Morgan fingerprint density at radius 2 is 1.89 bits per heavy atom. The molecule has 3 nitrogen and oxygen atoms in total. The average molecular weight is 267 g/mol. The Hall–Kier alpha value is -0.120. The predicted octanol–water partition coefficient (Wildman–Crippen LogP) is 2.18. The van der Waals surface area contributed by atoms with Crippen LogP contribution in [0.25, 0.3) is 0 Å². The Kier molecular flexibility index (Phi) is 6.11. The lowest BCUT2D eigenvalue weighted by molar-refractivity contribution is 0.0804. The summed E-state index contributed by atoms with van der Waals surface area (Å²) in [5.41, 5.74) is 0. The summed E-state index contributed by atoms with van der Waals surface area (Å²) in [5.74, 6) is 0.981. The van der Waals surface area contributed by atoms with E-state index in [0.717, 1.165) is 5.92 Å². The smallest absolute Gasteiger partial charge is 0.0374 e. The summed E-state index contributed by atoms with van der Waals surface area (Å²) in [6.45, 7) is 7.11. The molecule has 0 amide bonds. The molecule has 0 spiro atoms. The molecule has 0 aromatic carbocycles. The minimum Gasteiger partial charge on any atom is -0.312 e. The molecule has 1 N–H and O–H groups in total. The van der Waals surface area contributed by atoms with Crippen LogP contribution >= 0.6 is 0 Å². The first-order chi connectivity index (χ1) is 9.20. The molecule has 0 aromatic heterocycles. The Morgan fingerprint density at radius 3 is 2.58 bits per heavy atom. The molecular formula is C16H33N3. The van der Waals surface area contributed by atoms with Crippen molar-refractivity contribution < 1.29 is 0 Å². The Balaban J connectivity index is 1.93. The summed E-state index contributed by atoms with van der Waals surface area (Å²) < 4.78 is 0. The maximum atomic E-state index is 3.85. The van der Waals surface area contributed by atoms with Crippen molar-refractivity contribution in [3.63, 3.8) is 0 Å². The molecule has 0 aromatic rings. The summed E-state index contributed by atoms with van der Waals surface area (Å²) in [5, 5.41) is 3.85. The van der Waals surface area contributed by atoms with Crippen LogP contribution in [0.2, 0.25) is 0 Å². The van der Waals surface area contributed by atoms with Crippen LogP contribution < -0.4 is 5.32 Å². The number of likely N-dealkylation sites (N-methyl/N-ethyl adjacent to an activating group) is 2. The SMILES string of the molecule is CCCNC(CC1CCCC1)C1CN(C)CCN1C. The van der Waals surface area contributed by atoms with Gasteiger partial charge in [0.2, 0.25) is 0 Å². The van der Waals surface area contributed by atoms with Gasteiger partial charge in [0.05, 0.1) is 0 Å². The summed E-state index contributed by atoms with van der Waals surface area (Å²) in [4.78, 5) is 5.09. The van der Waals surface area contributed by atoms with Crippen molar-refractivity contribution in [2.24, 2.45) is 5.92 Å². The molecule has 1 aliphatic heterocycles. The van der Waals surface area contributed by atoms with Crippen molar-refractivity contribution in [3.05, 3.63) is 0 Å². The fourth-order valence-electron chi connectivity index (χ4n) is 3.79. The zero-order valence-corrected chi connectivity index (χ0v) is 13.2. The maximum Gasteiger partial charge on any atom is 0.0374 e. The van der Waals surface area contributed by atoms with E-state index in [9.17, 15) is 0 Å². The van der Waals surface area contributed by atoms with E-state index < -0.39 is 0 Å². The topological polar surface area (TPSA) is 18.5 Å². The lowest BCUT2D eigenvalue weighted by Gasteiger charge is -2.43. The van der Waals surface area contributed by atoms with Gasteiger partial charge in [-0.1, -0.05) is 32.6 Å². The van der Waals surface area contributed by atoms with Crippen molar-refractivity contribution in [2.75, 3.05) is 40.3 Å². The van der Waals surface area contributed by atoms with Gasteiger partial charge in [-0.15, -0.1) is 0 Å². The van der Waals surface area contributed by atoms with E-state index in [1.165, 1.54) is 64.7 Å². The Morgan fingerprint density at radius 1 is 1.16 bits per heavy atom. The van der Waals surface area contributed by atoms with E-state index in [0.29, 0.717) is 12.1 Å². The summed E-state index contributed by atoms with van der Waals surface area (Å²) in [6, 6.07) is 1.39. The molecule has 1 heterocycles. The molecule has 112 valence electrons. The third-order valence-corrected chi connectivity index (χ3v) is 5.08. The first kappa shape index (κ1) is 15.3. The molecule has 2 rings (SSSR count). The van der Waals surface area contributed by atoms with E-state index in [-0.39, 0.29) is 0 Å². The second-order valence-electron chi connectivity index (χ2n) is 6.76. The van der Waals surface area contributed by atoms with Crippen LogP contribution in [0.1, 0.15) is 45.4 Å². The lowest BCUT2D eigenvalue weighted by atomic mass is 9.92. The van der Waals surface area contributed by atoms with Crippen LogP contribution in [0.3, 0.4) is 0 Å². The standard InChI is InChI=1S/C16H33N3/c1-4-9-17-15(12-14-7-5-6-8-14)16-13-18(2)10-11-19(16)3/h14-17H,4-13H2,1-3H3. The van der Waals surface area contributed by atoms with Gasteiger partial charge < -0.3 is 10.2 Å². The molecule has 1 saturated heterocycles. The zero-order chi connectivity index (χ0) is 13.7. The molecule has 1 saturated carbocycles. The molecule has 2 unspecified atom stereocenters. The molecule has 1 aliphatic carbocycles. The number of piperazine rings is 1. The highest BCUT2D eigenvalue weighted by Gasteiger charge is 2.31. The maximum absolute atomic E-state index is 3.85. The van der Waals surface area contributed by atoms with Crippen LogP contribution in [-0.4, -0.2) is 62.2 Å². The first-order valence-electron chi connectivity index (χ1n) is 8.33. The van der Waals surface area contributed by atoms with E-state index in [1.54, 1.807) is 0 Å². The molecule has 0 bridgehead atoms. The van der Waals surface area contributed by atoms with Gasteiger partial charge in [-0.3, -0.25) is 4.90 Å². The minimum absolute atomic E-state index is 0.691. The van der Waals surface area contributed by atoms with Gasteiger partial charge >= 0.3 is 0 Å². The molecule has 3 heteroatoms. The van der Waals surface area contributed by atoms with Gasteiger partial charge in [0, 0.05) is 31.7 Å². The highest BCUT2D eigenvalue weighted by molar-refractivity contribution is 4.90. The predicted molar refractivity (Wildman–Crippen MR) is 82.6 cm³/mol. The molecule has 2 atom stereocenters. The quantitative estimate of drug-likeness (QED) is 0.796. The van der Waals surface area contributed by atoms with Crippen molar-refractivity contribution in [1.29, 1.82) is 0 Å². The number of nitrogens with one attached hydrogen (secondary N) is 1. The molecule has 2 aliphatic rings. The van der Waals surface area contributed by atoms with Crippen LogP contribution in [-0.2, 0) is 0 Å². The van der Waals surface area contributed by atoms with Crippen LogP contribution in [0.4, 0.5) is 0 Å². The summed E-state index contributed by atoms with van der Waals surface area (Å²) in [6.07, 6.45) is 8.50. The fourth-order valence-corrected chi connectivity index (χ4v) is 3.79. The molecule has 19 heavy (non-hydrogen) atoms. The largest absolute Gasteiger partial charge is 0.312 e. The third kappa shape index (κ3) is 4.44. The average Bonchev–Trinajstić information content (AvgIpc) is 2.90. The van der Waals surface area contributed by atoms with Crippen molar-refractivity contribution in [2.45, 2.75) is 57.5 Å². The second-order valence-corrected chi connectivity index (χ2v) is 6.76. The van der Waals surface area contributed by atoms with Gasteiger partial charge in [0.25, 0.3) is 0 Å². The number of nitrogens with zero attached hydrogens (tertiary/aromatic N) is 2. The zero-order valence-electron chi connectivity index (χ0n) is 13.2. The minimum atomic E-state index is 0.691. The Labute approximate surface area is 119 Å². The lowest BCUT2D eigenvalue weighted by Crippen LogP contribution is -2.59. The van der Waals surface area contributed by atoms with Crippen LogP contribution in [0.5, 0.6) is 0 Å². The van der Waals surface area contributed by atoms with E-state index in [2.05, 4.69) is 36.1 Å². The molecule has 0 radical (unpaired) electrons. The van der Waals surface area contributed by atoms with Gasteiger partial charge in [-0.2, -0.15) is 0 Å². The highest BCUT2D eigenvalue weighted by Crippen LogP contribution is 2.30. The Bertz CT molecular complexity index is 250. The number of hydrogen-bond acceptors (Lipinski definition) is 3. The van der Waals surface area contributed by atoms with Gasteiger partial charge in [0.1, 0.15) is 0 Å². The monoisotopic (exact) mass is 267 g/mol. The summed E-state index contributed by atoms with van der Waals surface area (Å²) in [7, 11) is 4.58. The molecule has 2 fully saturated rings. The van der Waals surface area contributed by atoms with E-state index in [4.69, 9.17) is 0 Å². The van der Waals surface area contributed by atoms with Crippen molar-refractivity contribution >= 4 is 0 Å². The normalized spacial score (nSPS) is 28.9. The third-order valence-electron chi connectivity index (χ3n) is 5.08. The van der Waals surface area contributed by atoms with Crippen LogP contribution in [0, 0.1) is 5.92 Å².